The number of rotatable bonds is 7. The second-order valence-corrected chi connectivity index (χ2v) is 5.04. The number of amides is 1. The highest BCUT2D eigenvalue weighted by Crippen LogP contribution is 2.11. The van der Waals surface area contributed by atoms with Crippen LogP contribution in [0.5, 0.6) is 0 Å². The molecule has 5 nitrogen and oxygen atoms in total. The molecule has 0 saturated heterocycles. The summed E-state index contributed by atoms with van der Waals surface area (Å²) in [6.07, 6.45) is 1.48. The van der Waals surface area contributed by atoms with Crippen molar-refractivity contribution >= 4 is 11.9 Å². The van der Waals surface area contributed by atoms with Gasteiger partial charge >= 0.3 is 5.97 Å². The van der Waals surface area contributed by atoms with Crippen molar-refractivity contribution < 1.29 is 14.3 Å². The van der Waals surface area contributed by atoms with Gasteiger partial charge in [-0.1, -0.05) is 56.8 Å². The molecule has 0 aliphatic heterocycles. The van der Waals surface area contributed by atoms with Gasteiger partial charge in [0.1, 0.15) is 18.7 Å². The van der Waals surface area contributed by atoms with Crippen LogP contribution in [0.15, 0.2) is 43.0 Å². The lowest BCUT2D eigenvalue weighted by Crippen LogP contribution is -2.48. The Balaban J connectivity index is 2.72. The van der Waals surface area contributed by atoms with Crippen LogP contribution < -0.4 is 11.1 Å². The molecule has 1 amide bonds. The Morgan fingerprint density at radius 1 is 1.33 bits per heavy atom. The van der Waals surface area contributed by atoms with Crippen LogP contribution in [-0.2, 0) is 14.3 Å². The molecule has 1 aromatic carbocycles. The van der Waals surface area contributed by atoms with Crippen molar-refractivity contribution in [3.63, 3.8) is 0 Å². The Labute approximate surface area is 125 Å². The average molecular weight is 290 g/mol. The monoisotopic (exact) mass is 290 g/mol. The zero-order valence-corrected chi connectivity index (χ0v) is 12.4. The third-order valence-electron chi connectivity index (χ3n) is 3.00. The lowest BCUT2D eigenvalue weighted by Gasteiger charge is -2.22. The lowest BCUT2D eigenvalue weighted by atomic mass is 10.0. The first-order valence-electron chi connectivity index (χ1n) is 6.85. The quantitative estimate of drug-likeness (QED) is 0.590. The van der Waals surface area contributed by atoms with Crippen molar-refractivity contribution in [3.05, 3.63) is 48.6 Å². The molecule has 0 aliphatic rings. The van der Waals surface area contributed by atoms with Gasteiger partial charge in [-0.3, -0.25) is 4.79 Å². The predicted molar refractivity (Wildman–Crippen MR) is 81.3 cm³/mol. The van der Waals surface area contributed by atoms with Gasteiger partial charge in [-0.15, -0.1) is 0 Å². The van der Waals surface area contributed by atoms with Gasteiger partial charge in [0.15, 0.2) is 0 Å². The highest BCUT2D eigenvalue weighted by Gasteiger charge is 2.27. The van der Waals surface area contributed by atoms with Crippen molar-refractivity contribution in [1.29, 1.82) is 0 Å². The Kier molecular flexibility index (Phi) is 6.62. The first kappa shape index (κ1) is 16.9. The van der Waals surface area contributed by atoms with Crippen LogP contribution in [0.3, 0.4) is 0 Å². The second-order valence-electron chi connectivity index (χ2n) is 5.04. The van der Waals surface area contributed by atoms with E-state index in [-0.39, 0.29) is 12.5 Å². The van der Waals surface area contributed by atoms with Crippen LogP contribution in [0.1, 0.15) is 25.5 Å². The smallest absolute Gasteiger partial charge is 0.329 e. The highest BCUT2D eigenvalue weighted by molar-refractivity contribution is 5.88. The standard InChI is InChI=1S/C16H22N2O3/c1-4-10-21-16(20)14(11(2)3)18-15(19)13(17)12-8-6-5-7-9-12/h4-9,11,13-14H,1,10,17H2,2-3H3,(H,18,19). The number of hydrogen-bond acceptors (Lipinski definition) is 4. The molecule has 0 fully saturated rings. The van der Waals surface area contributed by atoms with Gasteiger partial charge < -0.3 is 15.8 Å². The molecule has 0 radical (unpaired) electrons. The van der Waals surface area contributed by atoms with Crippen molar-refractivity contribution in [2.24, 2.45) is 11.7 Å². The first-order valence-corrected chi connectivity index (χ1v) is 6.85. The maximum absolute atomic E-state index is 12.2. The van der Waals surface area contributed by atoms with Gasteiger partial charge in [-0.05, 0) is 11.5 Å². The Morgan fingerprint density at radius 3 is 2.48 bits per heavy atom. The SMILES string of the molecule is C=CCOC(=O)C(NC(=O)C(N)c1ccccc1)C(C)C. The number of carbonyl (C=O) groups is 2. The second kappa shape index (κ2) is 8.21. The summed E-state index contributed by atoms with van der Waals surface area (Å²) >= 11 is 0. The maximum Gasteiger partial charge on any atom is 0.329 e. The third kappa shape index (κ3) is 5.04. The summed E-state index contributed by atoms with van der Waals surface area (Å²) in [5, 5.41) is 2.65. The number of ether oxygens (including phenoxy) is 1. The molecule has 2 atom stereocenters. The van der Waals surface area contributed by atoms with Crippen molar-refractivity contribution in [1.82, 2.24) is 5.32 Å². The van der Waals surface area contributed by atoms with E-state index in [1.165, 1.54) is 6.08 Å². The number of nitrogens with two attached hydrogens (primary N) is 1. The molecule has 0 aromatic heterocycles. The highest BCUT2D eigenvalue weighted by atomic mass is 16.5. The molecule has 0 heterocycles. The molecule has 3 N–H and O–H groups in total. The molecule has 114 valence electrons. The van der Waals surface area contributed by atoms with E-state index in [4.69, 9.17) is 10.5 Å². The summed E-state index contributed by atoms with van der Waals surface area (Å²) < 4.78 is 4.99. The molecule has 0 bridgehead atoms. The Bertz CT molecular complexity index is 486. The molecule has 1 aromatic rings. The van der Waals surface area contributed by atoms with E-state index in [0.29, 0.717) is 5.56 Å². The summed E-state index contributed by atoms with van der Waals surface area (Å²) in [5.74, 6) is -0.997. The van der Waals surface area contributed by atoms with E-state index in [9.17, 15) is 9.59 Å². The molecule has 1 rings (SSSR count). The van der Waals surface area contributed by atoms with Gasteiger partial charge in [0.05, 0.1) is 0 Å². The lowest BCUT2D eigenvalue weighted by molar-refractivity contribution is -0.148. The van der Waals surface area contributed by atoms with Crippen molar-refractivity contribution in [3.8, 4) is 0 Å². The molecule has 21 heavy (non-hydrogen) atoms. The van der Waals surface area contributed by atoms with Gasteiger partial charge in [0.2, 0.25) is 5.91 Å². The number of nitrogens with one attached hydrogen (secondary N) is 1. The van der Waals surface area contributed by atoms with E-state index in [1.807, 2.05) is 19.9 Å². The number of benzene rings is 1. The normalized spacial score (nSPS) is 13.3. The number of esters is 1. The van der Waals surface area contributed by atoms with Gasteiger partial charge in [0.25, 0.3) is 0 Å². The van der Waals surface area contributed by atoms with E-state index >= 15 is 0 Å². The summed E-state index contributed by atoms with van der Waals surface area (Å²) in [6, 6.07) is 7.45. The minimum atomic E-state index is -0.820. The minimum Gasteiger partial charge on any atom is -0.460 e. The van der Waals surface area contributed by atoms with Crippen LogP contribution in [0.25, 0.3) is 0 Å². The fourth-order valence-electron chi connectivity index (χ4n) is 1.78. The summed E-state index contributed by atoms with van der Waals surface area (Å²) in [4.78, 5) is 24.1. The summed E-state index contributed by atoms with van der Waals surface area (Å²) in [5.41, 5.74) is 6.60. The van der Waals surface area contributed by atoms with Gasteiger partial charge in [-0.2, -0.15) is 0 Å². The molecule has 2 unspecified atom stereocenters. The van der Waals surface area contributed by atoms with Crippen LogP contribution in [0.4, 0.5) is 0 Å². The zero-order chi connectivity index (χ0) is 15.8. The molecule has 0 spiro atoms. The van der Waals surface area contributed by atoms with E-state index < -0.39 is 24.0 Å². The summed E-state index contributed by atoms with van der Waals surface area (Å²) in [7, 11) is 0. The van der Waals surface area contributed by atoms with Crippen LogP contribution >= 0.6 is 0 Å². The molecule has 0 aliphatic carbocycles. The third-order valence-corrected chi connectivity index (χ3v) is 3.00. The van der Waals surface area contributed by atoms with Gasteiger partial charge in [0, 0.05) is 0 Å². The molecular formula is C16H22N2O3. The fraction of sp³-hybridized carbons (Fsp3) is 0.375. The van der Waals surface area contributed by atoms with Crippen LogP contribution in [0.2, 0.25) is 0 Å². The number of hydrogen-bond donors (Lipinski definition) is 2. The maximum atomic E-state index is 12.2. The Hall–Kier alpha value is -2.14. The Morgan fingerprint density at radius 2 is 1.95 bits per heavy atom. The van der Waals surface area contributed by atoms with Crippen LogP contribution in [0, 0.1) is 5.92 Å². The topological polar surface area (TPSA) is 81.4 Å². The first-order chi connectivity index (χ1) is 9.97. The zero-order valence-electron chi connectivity index (χ0n) is 12.4. The van der Waals surface area contributed by atoms with E-state index in [0.717, 1.165) is 0 Å². The fourth-order valence-corrected chi connectivity index (χ4v) is 1.78. The van der Waals surface area contributed by atoms with E-state index in [2.05, 4.69) is 11.9 Å². The number of carbonyl (C=O) groups excluding carboxylic acids is 2. The summed E-state index contributed by atoms with van der Waals surface area (Å²) in [6.45, 7) is 7.25. The van der Waals surface area contributed by atoms with Crippen LogP contribution in [-0.4, -0.2) is 24.5 Å². The molecule has 5 heteroatoms. The predicted octanol–water partition coefficient (Wildman–Crippen LogP) is 1.56. The van der Waals surface area contributed by atoms with Crippen molar-refractivity contribution in [2.75, 3.05) is 6.61 Å². The van der Waals surface area contributed by atoms with Crippen molar-refractivity contribution in [2.45, 2.75) is 25.9 Å². The van der Waals surface area contributed by atoms with Gasteiger partial charge in [-0.25, -0.2) is 4.79 Å². The minimum absolute atomic E-state index is 0.103. The van der Waals surface area contributed by atoms with E-state index in [1.54, 1.807) is 24.3 Å². The molecular weight excluding hydrogens is 268 g/mol. The molecule has 0 saturated carbocycles. The largest absolute Gasteiger partial charge is 0.460 e. The average Bonchev–Trinajstić information content (AvgIpc) is 2.49.